The van der Waals surface area contributed by atoms with E-state index in [1.165, 1.54) is 10.8 Å². The first-order chi connectivity index (χ1) is 13.4. The summed E-state index contributed by atoms with van der Waals surface area (Å²) in [6.07, 6.45) is 1.46. The second-order valence-electron chi connectivity index (χ2n) is 6.41. The molecule has 3 rings (SSSR count). The van der Waals surface area contributed by atoms with Crippen molar-refractivity contribution in [1.29, 1.82) is 5.26 Å². The summed E-state index contributed by atoms with van der Waals surface area (Å²) in [5, 5.41) is 20.8. The largest absolute Gasteiger partial charge is 0.494 e. The van der Waals surface area contributed by atoms with Crippen LogP contribution in [0.3, 0.4) is 0 Å². The number of pyridine rings is 1. The first kappa shape index (κ1) is 19.4. The Labute approximate surface area is 167 Å². The molecule has 5 nitrogen and oxygen atoms in total. The standard InChI is InChI=1S/C22H18ClN3O2/c1-14-8-9-17(23)10-20(14)25-12-19-15(2)18(11-24)21(27)26(22(19)28)13-16-6-4-3-5-7-16/h3-10,12,28H,13H2,1-2H3. The first-order valence-corrected chi connectivity index (χ1v) is 9.00. The number of benzene rings is 2. The molecular formula is C22H18ClN3O2. The van der Waals surface area contributed by atoms with Crippen molar-refractivity contribution in [2.45, 2.75) is 20.4 Å². The highest BCUT2D eigenvalue weighted by molar-refractivity contribution is 6.30. The van der Waals surface area contributed by atoms with Gasteiger partial charge in [0.25, 0.3) is 5.56 Å². The second-order valence-corrected chi connectivity index (χ2v) is 6.85. The normalized spacial score (nSPS) is 10.9. The third kappa shape index (κ3) is 3.83. The topological polar surface area (TPSA) is 78.4 Å². The summed E-state index contributed by atoms with van der Waals surface area (Å²) in [6.45, 7) is 3.67. The number of hydrogen-bond donors (Lipinski definition) is 1. The average Bonchev–Trinajstić information content (AvgIpc) is 2.69. The molecule has 0 amide bonds. The zero-order valence-electron chi connectivity index (χ0n) is 15.5. The summed E-state index contributed by atoms with van der Waals surface area (Å²) in [5.74, 6) is -0.228. The highest BCUT2D eigenvalue weighted by Crippen LogP contribution is 2.25. The first-order valence-electron chi connectivity index (χ1n) is 8.63. The van der Waals surface area contributed by atoms with Crippen LogP contribution in [0.5, 0.6) is 5.88 Å². The van der Waals surface area contributed by atoms with Crippen molar-refractivity contribution in [3.05, 3.63) is 91.7 Å². The number of aromatic hydroxyl groups is 1. The maximum Gasteiger partial charge on any atom is 0.271 e. The van der Waals surface area contributed by atoms with Crippen LogP contribution in [-0.2, 0) is 6.54 Å². The maximum atomic E-state index is 12.7. The van der Waals surface area contributed by atoms with Crippen LogP contribution < -0.4 is 5.56 Å². The predicted molar refractivity (Wildman–Crippen MR) is 111 cm³/mol. The molecule has 1 aromatic heterocycles. The van der Waals surface area contributed by atoms with E-state index in [1.54, 1.807) is 19.1 Å². The van der Waals surface area contributed by atoms with Crippen LogP contribution in [0.4, 0.5) is 5.69 Å². The number of rotatable bonds is 4. The van der Waals surface area contributed by atoms with Crippen LogP contribution in [0.15, 0.2) is 58.3 Å². The van der Waals surface area contributed by atoms with Gasteiger partial charge in [0.15, 0.2) is 0 Å². The zero-order valence-corrected chi connectivity index (χ0v) is 16.2. The number of nitriles is 1. The monoisotopic (exact) mass is 391 g/mol. The minimum atomic E-state index is -0.530. The number of hydrogen-bond acceptors (Lipinski definition) is 4. The quantitative estimate of drug-likeness (QED) is 0.665. The smallest absolute Gasteiger partial charge is 0.271 e. The molecule has 0 saturated carbocycles. The minimum Gasteiger partial charge on any atom is -0.494 e. The number of aryl methyl sites for hydroxylation is 1. The van der Waals surface area contributed by atoms with E-state index in [2.05, 4.69) is 4.99 Å². The SMILES string of the molecule is Cc1ccc(Cl)cc1N=Cc1c(C)c(C#N)c(=O)n(Cc2ccccc2)c1O. The summed E-state index contributed by atoms with van der Waals surface area (Å²) in [5.41, 5.74) is 2.56. The van der Waals surface area contributed by atoms with Gasteiger partial charge >= 0.3 is 0 Å². The second kappa shape index (κ2) is 8.12. The van der Waals surface area contributed by atoms with Gasteiger partial charge in [-0.05, 0) is 42.7 Å². The van der Waals surface area contributed by atoms with Crippen molar-refractivity contribution in [1.82, 2.24) is 4.57 Å². The van der Waals surface area contributed by atoms with Crippen LogP contribution in [0.2, 0.25) is 5.02 Å². The van der Waals surface area contributed by atoms with Gasteiger partial charge in [0.05, 0.1) is 17.8 Å². The Bertz CT molecular complexity index is 1160. The van der Waals surface area contributed by atoms with Crippen molar-refractivity contribution in [2.24, 2.45) is 4.99 Å². The molecule has 28 heavy (non-hydrogen) atoms. The molecule has 1 N–H and O–H groups in total. The van der Waals surface area contributed by atoms with Gasteiger partial charge in [-0.2, -0.15) is 5.26 Å². The van der Waals surface area contributed by atoms with Crippen molar-refractivity contribution in [3.63, 3.8) is 0 Å². The van der Waals surface area contributed by atoms with Crippen molar-refractivity contribution >= 4 is 23.5 Å². The molecule has 0 radical (unpaired) electrons. The maximum absolute atomic E-state index is 12.7. The van der Waals surface area contributed by atoms with Crippen LogP contribution in [0.25, 0.3) is 0 Å². The molecule has 0 aliphatic heterocycles. The van der Waals surface area contributed by atoms with Crippen molar-refractivity contribution in [3.8, 4) is 11.9 Å². The van der Waals surface area contributed by atoms with E-state index < -0.39 is 5.56 Å². The molecule has 2 aromatic carbocycles. The molecule has 0 aliphatic rings. The molecule has 0 unspecified atom stereocenters. The Hall–Kier alpha value is -3.36. The summed E-state index contributed by atoms with van der Waals surface area (Å²) in [4.78, 5) is 17.1. The van der Waals surface area contributed by atoms with E-state index in [9.17, 15) is 15.2 Å². The molecule has 6 heteroatoms. The molecule has 0 aliphatic carbocycles. The number of halogens is 1. The highest BCUT2D eigenvalue weighted by Gasteiger charge is 2.18. The van der Waals surface area contributed by atoms with Gasteiger partial charge in [0.2, 0.25) is 5.88 Å². The molecule has 0 atom stereocenters. The highest BCUT2D eigenvalue weighted by atomic mass is 35.5. The van der Waals surface area contributed by atoms with Crippen LogP contribution in [0, 0.1) is 25.2 Å². The minimum absolute atomic E-state index is 0.0157. The van der Waals surface area contributed by atoms with E-state index >= 15 is 0 Å². The van der Waals surface area contributed by atoms with Crippen molar-refractivity contribution < 1.29 is 5.11 Å². The lowest BCUT2D eigenvalue weighted by Gasteiger charge is -2.14. The fourth-order valence-electron chi connectivity index (χ4n) is 2.89. The fourth-order valence-corrected chi connectivity index (χ4v) is 3.06. The average molecular weight is 392 g/mol. The van der Waals surface area contributed by atoms with E-state index in [-0.39, 0.29) is 18.0 Å². The van der Waals surface area contributed by atoms with Crippen LogP contribution >= 0.6 is 11.6 Å². The van der Waals surface area contributed by atoms with Gasteiger partial charge < -0.3 is 5.11 Å². The molecule has 3 aromatic rings. The van der Waals surface area contributed by atoms with Gasteiger partial charge in [-0.15, -0.1) is 0 Å². The Morgan fingerprint density at radius 1 is 1.21 bits per heavy atom. The van der Waals surface area contributed by atoms with Crippen molar-refractivity contribution in [2.75, 3.05) is 0 Å². The van der Waals surface area contributed by atoms with E-state index in [1.807, 2.05) is 49.4 Å². The molecule has 1 heterocycles. The van der Waals surface area contributed by atoms with Gasteiger partial charge in [-0.1, -0.05) is 48.0 Å². The van der Waals surface area contributed by atoms with E-state index in [4.69, 9.17) is 11.6 Å². The van der Waals surface area contributed by atoms with Gasteiger partial charge in [-0.25, -0.2) is 0 Å². The summed E-state index contributed by atoms with van der Waals surface area (Å²) in [6, 6.07) is 16.5. The van der Waals surface area contributed by atoms with Gasteiger partial charge in [-0.3, -0.25) is 14.4 Å². The summed E-state index contributed by atoms with van der Waals surface area (Å²) < 4.78 is 1.19. The molecule has 0 spiro atoms. The molecule has 0 bridgehead atoms. The third-order valence-electron chi connectivity index (χ3n) is 4.53. The van der Waals surface area contributed by atoms with E-state index in [0.29, 0.717) is 21.8 Å². The third-order valence-corrected chi connectivity index (χ3v) is 4.77. The molecular weight excluding hydrogens is 374 g/mol. The molecule has 0 saturated heterocycles. The van der Waals surface area contributed by atoms with Gasteiger partial charge in [0.1, 0.15) is 11.6 Å². The Kier molecular flexibility index (Phi) is 5.62. The lowest BCUT2D eigenvalue weighted by atomic mass is 10.1. The number of aromatic nitrogens is 1. The molecule has 140 valence electrons. The lowest BCUT2D eigenvalue weighted by molar-refractivity contribution is 0.413. The number of nitrogens with zero attached hydrogens (tertiary/aromatic N) is 3. The Morgan fingerprint density at radius 3 is 2.61 bits per heavy atom. The fraction of sp³-hybridized carbons (Fsp3) is 0.136. The Balaban J connectivity index is 2.14. The van der Waals surface area contributed by atoms with Crippen LogP contribution in [-0.4, -0.2) is 15.9 Å². The Morgan fingerprint density at radius 2 is 1.93 bits per heavy atom. The molecule has 0 fully saturated rings. The number of aliphatic imine (C=N–C) groups is 1. The predicted octanol–water partition coefficient (Wildman–Crippen LogP) is 4.49. The van der Waals surface area contributed by atoms with Crippen LogP contribution in [0.1, 0.15) is 27.8 Å². The summed E-state index contributed by atoms with van der Waals surface area (Å²) >= 11 is 6.03. The zero-order chi connectivity index (χ0) is 20.3. The lowest BCUT2D eigenvalue weighted by Crippen LogP contribution is -2.25. The van der Waals surface area contributed by atoms with Gasteiger partial charge in [0, 0.05) is 11.2 Å². The summed E-state index contributed by atoms with van der Waals surface area (Å²) in [7, 11) is 0. The van der Waals surface area contributed by atoms with E-state index in [0.717, 1.165) is 11.1 Å².